The Kier molecular flexibility index (Phi) is 3.63. The molecule has 0 aromatic heterocycles. The molecule has 14 heavy (non-hydrogen) atoms. The average molecular weight is 319 g/mol. The lowest BCUT2D eigenvalue weighted by molar-refractivity contribution is 0.603. The fraction of sp³-hybridized carbons (Fsp3) is 0.455. The zero-order valence-electron chi connectivity index (χ0n) is 7.89. The van der Waals surface area contributed by atoms with Crippen LogP contribution in [0.2, 0.25) is 0 Å². The molecule has 0 aliphatic carbocycles. The lowest BCUT2D eigenvalue weighted by atomic mass is 10.1. The quantitative estimate of drug-likeness (QED) is 0.880. The Morgan fingerprint density at radius 2 is 1.93 bits per heavy atom. The first-order valence-corrected chi connectivity index (χ1v) is 6.51. The molecular formula is C11H13Br2N. The van der Waals surface area contributed by atoms with Gasteiger partial charge in [0.1, 0.15) is 0 Å². The fourth-order valence-corrected chi connectivity index (χ4v) is 3.33. The van der Waals surface area contributed by atoms with Crippen LogP contribution in [0.1, 0.15) is 18.4 Å². The van der Waals surface area contributed by atoms with Crippen LogP contribution in [0.15, 0.2) is 27.1 Å². The van der Waals surface area contributed by atoms with Crippen LogP contribution < -0.4 is 5.32 Å². The zero-order valence-corrected chi connectivity index (χ0v) is 11.1. The van der Waals surface area contributed by atoms with E-state index >= 15 is 0 Å². The van der Waals surface area contributed by atoms with Crippen molar-refractivity contribution in [1.82, 2.24) is 5.32 Å². The van der Waals surface area contributed by atoms with E-state index in [1.165, 1.54) is 24.9 Å². The Hall–Kier alpha value is 0.140. The van der Waals surface area contributed by atoms with Gasteiger partial charge in [0.05, 0.1) is 0 Å². The molecular weight excluding hydrogens is 306 g/mol. The van der Waals surface area contributed by atoms with Crippen LogP contribution in [-0.4, -0.2) is 12.6 Å². The van der Waals surface area contributed by atoms with Crippen molar-refractivity contribution in [3.05, 3.63) is 32.7 Å². The van der Waals surface area contributed by atoms with Crippen molar-refractivity contribution in [3.63, 3.8) is 0 Å². The van der Waals surface area contributed by atoms with Crippen molar-refractivity contribution in [2.75, 3.05) is 6.54 Å². The summed E-state index contributed by atoms with van der Waals surface area (Å²) in [6.45, 7) is 1.18. The summed E-state index contributed by atoms with van der Waals surface area (Å²) in [4.78, 5) is 0. The van der Waals surface area contributed by atoms with E-state index in [-0.39, 0.29) is 0 Å². The van der Waals surface area contributed by atoms with E-state index < -0.39 is 0 Å². The molecule has 2 rings (SSSR count). The molecule has 1 heterocycles. The van der Waals surface area contributed by atoms with Gasteiger partial charge in [-0.2, -0.15) is 0 Å². The maximum absolute atomic E-state index is 3.51. The summed E-state index contributed by atoms with van der Waals surface area (Å²) in [7, 11) is 0. The van der Waals surface area contributed by atoms with Gasteiger partial charge in [0.15, 0.2) is 0 Å². The summed E-state index contributed by atoms with van der Waals surface area (Å²) in [5.41, 5.74) is 1.39. The smallest absolute Gasteiger partial charge is 0.0189 e. The molecule has 1 nitrogen and oxygen atoms in total. The van der Waals surface area contributed by atoms with Crippen LogP contribution in [0.4, 0.5) is 0 Å². The standard InChI is InChI=1S/C11H13Br2N/c12-9-4-8(5-10(13)7-9)6-11-2-1-3-14-11/h4-5,7,11,14H,1-3,6H2. The summed E-state index contributed by atoms with van der Waals surface area (Å²) in [6.07, 6.45) is 3.77. The van der Waals surface area contributed by atoms with Crippen molar-refractivity contribution < 1.29 is 0 Å². The van der Waals surface area contributed by atoms with Gasteiger partial charge >= 0.3 is 0 Å². The van der Waals surface area contributed by atoms with Gasteiger partial charge in [0.2, 0.25) is 0 Å². The van der Waals surface area contributed by atoms with Crippen molar-refractivity contribution >= 4 is 31.9 Å². The lowest BCUT2D eigenvalue weighted by Gasteiger charge is -2.10. The highest BCUT2D eigenvalue weighted by molar-refractivity contribution is 9.11. The molecule has 1 aliphatic rings. The first-order valence-electron chi connectivity index (χ1n) is 4.92. The Balaban J connectivity index is 2.07. The topological polar surface area (TPSA) is 12.0 Å². The minimum atomic E-state index is 0.677. The van der Waals surface area contributed by atoms with Gasteiger partial charge in [-0.05, 0) is 49.6 Å². The highest BCUT2D eigenvalue weighted by atomic mass is 79.9. The molecule has 0 saturated carbocycles. The monoisotopic (exact) mass is 317 g/mol. The van der Waals surface area contributed by atoms with Gasteiger partial charge in [-0.3, -0.25) is 0 Å². The molecule has 3 heteroatoms. The molecule has 1 atom stereocenters. The molecule has 1 N–H and O–H groups in total. The van der Waals surface area contributed by atoms with Gasteiger partial charge in [0.25, 0.3) is 0 Å². The van der Waals surface area contributed by atoms with Crippen LogP contribution in [-0.2, 0) is 6.42 Å². The van der Waals surface area contributed by atoms with Crippen molar-refractivity contribution in [2.24, 2.45) is 0 Å². The fourth-order valence-electron chi connectivity index (χ4n) is 1.94. The summed E-state index contributed by atoms with van der Waals surface area (Å²) in [5, 5.41) is 3.51. The Morgan fingerprint density at radius 3 is 2.50 bits per heavy atom. The second-order valence-electron chi connectivity index (χ2n) is 3.78. The average Bonchev–Trinajstić information content (AvgIpc) is 2.54. The predicted molar refractivity (Wildman–Crippen MR) is 66.6 cm³/mol. The molecule has 76 valence electrons. The minimum absolute atomic E-state index is 0.677. The number of halogens is 2. The van der Waals surface area contributed by atoms with Gasteiger partial charge in [-0.1, -0.05) is 31.9 Å². The number of hydrogen-bond acceptors (Lipinski definition) is 1. The van der Waals surface area contributed by atoms with Crippen molar-refractivity contribution in [1.29, 1.82) is 0 Å². The van der Waals surface area contributed by atoms with Crippen LogP contribution in [0.5, 0.6) is 0 Å². The third-order valence-electron chi connectivity index (χ3n) is 2.57. The SMILES string of the molecule is Brc1cc(Br)cc(CC2CCCN2)c1. The minimum Gasteiger partial charge on any atom is -0.314 e. The van der Waals surface area contributed by atoms with Gasteiger partial charge in [-0.25, -0.2) is 0 Å². The maximum atomic E-state index is 3.51. The lowest BCUT2D eigenvalue weighted by Crippen LogP contribution is -2.23. The third kappa shape index (κ3) is 2.81. The molecule has 0 radical (unpaired) electrons. The summed E-state index contributed by atoms with van der Waals surface area (Å²) >= 11 is 7.02. The van der Waals surface area contributed by atoms with E-state index in [2.05, 4.69) is 55.4 Å². The van der Waals surface area contributed by atoms with Gasteiger partial charge in [0, 0.05) is 15.0 Å². The molecule has 0 amide bonds. The van der Waals surface area contributed by atoms with Crippen LogP contribution >= 0.6 is 31.9 Å². The molecule has 0 bridgehead atoms. The highest BCUT2D eigenvalue weighted by Crippen LogP contribution is 2.22. The molecule has 0 spiro atoms. The van der Waals surface area contributed by atoms with E-state index in [0.717, 1.165) is 15.4 Å². The Morgan fingerprint density at radius 1 is 1.21 bits per heavy atom. The number of hydrogen-bond donors (Lipinski definition) is 1. The maximum Gasteiger partial charge on any atom is 0.0189 e. The molecule has 1 aromatic carbocycles. The Bertz CT molecular complexity index is 299. The molecule has 1 aromatic rings. The summed E-state index contributed by atoms with van der Waals surface area (Å²) in [6, 6.07) is 7.15. The first-order chi connectivity index (χ1) is 6.74. The number of benzene rings is 1. The molecule has 1 aliphatic heterocycles. The van der Waals surface area contributed by atoms with Crippen molar-refractivity contribution in [3.8, 4) is 0 Å². The first kappa shape index (κ1) is 10.7. The zero-order chi connectivity index (χ0) is 9.97. The highest BCUT2D eigenvalue weighted by Gasteiger charge is 2.14. The normalized spacial score (nSPS) is 21.4. The predicted octanol–water partition coefficient (Wildman–Crippen LogP) is 3.51. The second kappa shape index (κ2) is 4.77. The van der Waals surface area contributed by atoms with E-state index in [1.54, 1.807) is 0 Å². The second-order valence-corrected chi connectivity index (χ2v) is 5.61. The number of rotatable bonds is 2. The Labute approximate surface area is 102 Å². The molecule has 1 fully saturated rings. The van der Waals surface area contributed by atoms with E-state index in [9.17, 15) is 0 Å². The van der Waals surface area contributed by atoms with Crippen LogP contribution in [0, 0.1) is 0 Å². The van der Waals surface area contributed by atoms with E-state index in [4.69, 9.17) is 0 Å². The van der Waals surface area contributed by atoms with E-state index in [1.807, 2.05) is 0 Å². The molecule has 1 saturated heterocycles. The van der Waals surface area contributed by atoms with E-state index in [0.29, 0.717) is 6.04 Å². The third-order valence-corrected chi connectivity index (χ3v) is 3.48. The van der Waals surface area contributed by atoms with Crippen LogP contribution in [0.3, 0.4) is 0 Å². The largest absolute Gasteiger partial charge is 0.314 e. The number of nitrogens with one attached hydrogen (secondary N) is 1. The van der Waals surface area contributed by atoms with Gasteiger partial charge < -0.3 is 5.32 Å². The molecule has 1 unspecified atom stereocenters. The summed E-state index contributed by atoms with van der Waals surface area (Å²) < 4.78 is 2.31. The van der Waals surface area contributed by atoms with Crippen LogP contribution in [0.25, 0.3) is 0 Å². The summed E-state index contributed by atoms with van der Waals surface area (Å²) in [5.74, 6) is 0. The van der Waals surface area contributed by atoms with Gasteiger partial charge in [-0.15, -0.1) is 0 Å². The van der Waals surface area contributed by atoms with Crippen molar-refractivity contribution in [2.45, 2.75) is 25.3 Å².